The summed E-state index contributed by atoms with van der Waals surface area (Å²) in [6.45, 7) is 1.31. The van der Waals surface area contributed by atoms with Gasteiger partial charge in [-0.05, 0) is 28.8 Å². The van der Waals surface area contributed by atoms with Crippen LogP contribution >= 0.6 is 0 Å². The van der Waals surface area contributed by atoms with Crippen LogP contribution in [0.1, 0.15) is 12.8 Å². The van der Waals surface area contributed by atoms with Gasteiger partial charge in [-0.1, -0.05) is 5.11 Å². The summed E-state index contributed by atoms with van der Waals surface area (Å²) in [5.74, 6) is 0. The Morgan fingerprint density at radius 3 is 3.08 bits per heavy atom. The Kier molecular flexibility index (Phi) is 3.59. The van der Waals surface area contributed by atoms with Crippen molar-refractivity contribution in [3.8, 4) is 0 Å². The zero-order chi connectivity index (χ0) is 8.65. The summed E-state index contributed by atoms with van der Waals surface area (Å²) >= 11 is 0. The normalized spacial score (nSPS) is 9.33. The molecule has 0 aliphatic carbocycles. The predicted molar refractivity (Wildman–Crippen MR) is 41.1 cm³/mol. The van der Waals surface area contributed by atoms with Crippen LogP contribution in [0.25, 0.3) is 10.4 Å². The Morgan fingerprint density at radius 2 is 2.42 bits per heavy atom. The molecule has 1 heterocycles. The van der Waals surface area contributed by atoms with Gasteiger partial charge in [-0.25, -0.2) is 4.68 Å². The highest BCUT2D eigenvalue weighted by Crippen LogP contribution is 1.92. The van der Waals surface area contributed by atoms with Crippen LogP contribution < -0.4 is 0 Å². The molecule has 0 fully saturated rings. The van der Waals surface area contributed by atoms with Gasteiger partial charge >= 0.3 is 0 Å². The van der Waals surface area contributed by atoms with Crippen molar-refractivity contribution in [1.29, 1.82) is 0 Å². The molecule has 7 heteroatoms. The van der Waals surface area contributed by atoms with E-state index < -0.39 is 0 Å². The summed E-state index contributed by atoms with van der Waals surface area (Å²) in [6, 6.07) is 0. The number of tetrazole rings is 1. The largest absolute Gasteiger partial charge is 0.233 e. The van der Waals surface area contributed by atoms with E-state index in [0.717, 1.165) is 19.4 Å². The molecule has 0 aliphatic heterocycles. The molecule has 0 N–H and O–H groups in total. The molecule has 0 spiro atoms. The van der Waals surface area contributed by atoms with Gasteiger partial charge in [-0.15, -0.1) is 5.10 Å². The van der Waals surface area contributed by atoms with E-state index in [2.05, 4.69) is 25.6 Å². The van der Waals surface area contributed by atoms with Crippen LogP contribution in [0.15, 0.2) is 11.4 Å². The molecular formula is C5H9N7. The molecule has 0 amide bonds. The van der Waals surface area contributed by atoms with E-state index in [4.69, 9.17) is 5.53 Å². The molecule has 0 aliphatic rings. The first-order valence-corrected chi connectivity index (χ1v) is 3.65. The van der Waals surface area contributed by atoms with Gasteiger partial charge in [-0.3, -0.25) is 0 Å². The second kappa shape index (κ2) is 5.09. The highest BCUT2D eigenvalue weighted by molar-refractivity contribution is 4.50. The quantitative estimate of drug-likeness (QED) is 0.280. The Balaban J connectivity index is 2.07. The minimum atomic E-state index is 0.540. The molecule has 1 aromatic heterocycles. The minimum Gasteiger partial charge on any atom is -0.233 e. The molecule has 1 aromatic rings. The Labute approximate surface area is 69.0 Å². The lowest BCUT2D eigenvalue weighted by molar-refractivity contribution is 0.544. The lowest BCUT2D eigenvalue weighted by atomic mass is 10.3. The average molecular weight is 167 g/mol. The predicted octanol–water partition coefficient (Wildman–Crippen LogP) is 0.764. The third-order valence-electron chi connectivity index (χ3n) is 1.35. The highest BCUT2D eigenvalue weighted by Gasteiger charge is 1.91. The van der Waals surface area contributed by atoms with Gasteiger partial charge in [0.15, 0.2) is 0 Å². The smallest absolute Gasteiger partial charge is 0.138 e. The molecule has 0 bridgehead atoms. The van der Waals surface area contributed by atoms with Crippen molar-refractivity contribution in [2.24, 2.45) is 5.11 Å². The Bertz CT molecular complexity index is 247. The monoisotopic (exact) mass is 167 g/mol. The van der Waals surface area contributed by atoms with Crippen molar-refractivity contribution >= 4 is 0 Å². The molecule has 64 valence electrons. The van der Waals surface area contributed by atoms with Crippen molar-refractivity contribution < 1.29 is 0 Å². The highest BCUT2D eigenvalue weighted by atomic mass is 15.5. The van der Waals surface area contributed by atoms with Crippen LogP contribution in [-0.4, -0.2) is 26.8 Å². The summed E-state index contributed by atoms with van der Waals surface area (Å²) in [7, 11) is 0. The summed E-state index contributed by atoms with van der Waals surface area (Å²) < 4.78 is 1.65. The maximum absolute atomic E-state index is 7.97. The van der Waals surface area contributed by atoms with Gasteiger partial charge in [0, 0.05) is 18.0 Å². The fraction of sp³-hybridized carbons (Fsp3) is 0.800. The first-order valence-electron chi connectivity index (χ1n) is 3.65. The Morgan fingerprint density at radius 1 is 1.50 bits per heavy atom. The van der Waals surface area contributed by atoms with E-state index in [9.17, 15) is 0 Å². The summed E-state index contributed by atoms with van der Waals surface area (Å²) in [5.41, 5.74) is 7.97. The maximum Gasteiger partial charge on any atom is 0.138 e. The van der Waals surface area contributed by atoms with Crippen LogP contribution in [0.3, 0.4) is 0 Å². The lowest BCUT2D eigenvalue weighted by Crippen LogP contribution is -1.99. The fourth-order valence-electron chi connectivity index (χ4n) is 0.784. The number of rotatable bonds is 5. The lowest BCUT2D eigenvalue weighted by Gasteiger charge is -1.95. The molecule has 7 nitrogen and oxygen atoms in total. The molecule has 0 saturated heterocycles. The molecule has 0 aromatic carbocycles. The van der Waals surface area contributed by atoms with Crippen LogP contribution in [0, 0.1) is 0 Å². The third-order valence-corrected chi connectivity index (χ3v) is 1.35. The number of aromatic nitrogens is 4. The van der Waals surface area contributed by atoms with Crippen molar-refractivity contribution in [1.82, 2.24) is 20.2 Å². The first-order chi connectivity index (χ1) is 5.93. The summed E-state index contributed by atoms with van der Waals surface area (Å²) in [6.07, 6.45) is 3.35. The second-order valence-electron chi connectivity index (χ2n) is 2.23. The number of nitrogens with zero attached hydrogens (tertiary/aromatic N) is 7. The van der Waals surface area contributed by atoms with Crippen LogP contribution in [-0.2, 0) is 6.54 Å². The topological polar surface area (TPSA) is 92.4 Å². The summed E-state index contributed by atoms with van der Waals surface area (Å²) in [4.78, 5) is 2.65. The van der Waals surface area contributed by atoms with Gasteiger partial charge in [0.05, 0.1) is 0 Å². The van der Waals surface area contributed by atoms with Gasteiger partial charge in [0.2, 0.25) is 0 Å². The van der Waals surface area contributed by atoms with Crippen LogP contribution in [0.5, 0.6) is 0 Å². The zero-order valence-corrected chi connectivity index (χ0v) is 6.54. The van der Waals surface area contributed by atoms with E-state index in [1.807, 2.05) is 0 Å². The molecule has 0 atom stereocenters. The standard InChI is InChI=1S/C5H9N7/c6-9-7-3-1-2-4-12-5-8-10-11-12/h5H,1-4H2. The molecule has 12 heavy (non-hydrogen) atoms. The SMILES string of the molecule is [N-]=[N+]=NCCCCn1cnnn1. The van der Waals surface area contributed by atoms with Gasteiger partial charge in [-0.2, -0.15) is 0 Å². The average Bonchev–Trinajstić information content (AvgIpc) is 2.57. The zero-order valence-electron chi connectivity index (χ0n) is 6.54. The van der Waals surface area contributed by atoms with E-state index >= 15 is 0 Å². The molecular weight excluding hydrogens is 158 g/mol. The van der Waals surface area contributed by atoms with E-state index in [1.54, 1.807) is 11.0 Å². The maximum atomic E-state index is 7.97. The van der Waals surface area contributed by atoms with Crippen LogP contribution in [0.2, 0.25) is 0 Å². The number of hydrogen-bond acceptors (Lipinski definition) is 4. The van der Waals surface area contributed by atoms with Crippen molar-refractivity contribution in [3.63, 3.8) is 0 Å². The number of azide groups is 1. The van der Waals surface area contributed by atoms with Crippen molar-refractivity contribution in [3.05, 3.63) is 16.8 Å². The molecule has 1 rings (SSSR count). The van der Waals surface area contributed by atoms with Crippen LogP contribution in [0.4, 0.5) is 0 Å². The van der Waals surface area contributed by atoms with Gasteiger partial charge in [0.25, 0.3) is 0 Å². The third kappa shape index (κ3) is 2.98. The number of aryl methyl sites for hydroxylation is 1. The number of unbranched alkanes of at least 4 members (excludes halogenated alkanes) is 1. The molecule has 0 radical (unpaired) electrons. The fourth-order valence-corrected chi connectivity index (χ4v) is 0.784. The second-order valence-corrected chi connectivity index (χ2v) is 2.23. The van der Waals surface area contributed by atoms with E-state index in [0.29, 0.717) is 6.54 Å². The molecule has 0 saturated carbocycles. The number of hydrogen-bond donors (Lipinski definition) is 0. The minimum absolute atomic E-state index is 0.540. The summed E-state index contributed by atoms with van der Waals surface area (Å²) in [5, 5.41) is 14.1. The van der Waals surface area contributed by atoms with E-state index in [-0.39, 0.29) is 0 Å². The van der Waals surface area contributed by atoms with Gasteiger partial charge in [0.1, 0.15) is 6.33 Å². The Hall–Kier alpha value is -1.62. The van der Waals surface area contributed by atoms with Crippen molar-refractivity contribution in [2.75, 3.05) is 6.54 Å². The first kappa shape index (κ1) is 8.48. The van der Waals surface area contributed by atoms with E-state index in [1.165, 1.54) is 0 Å². The van der Waals surface area contributed by atoms with Gasteiger partial charge < -0.3 is 0 Å². The molecule has 0 unspecified atom stereocenters. The van der Waals surface area contributed by atoms with Crippen molar-refractivity contribution in [2.45, 2.75) is 19.4 Å².